The van der Waals surface area contributed by atoms with Gasteiger partial charge in [0.25, 0.3) is 0 Å². The van der Waals surface area contributed by atoms with Crippen LogP contribution in [0.5, 0.6) is 0 Å². The van der Waals surface area contributed by atoms with Crippen molar-refractivity contribution in [2.24, 2.45) is 11.8 Å². The second-order valence-electron chi connectivity index (χ2n) is 5.33. The van der Waals surface area contributed by atoms with E-state index < -0.39 is 0 Å². The zero-order valence-electron chi connectivity index (χ0n) is 12.4. The van der Waals surface area contributed by atoms with Crippen molar-refractivity contribution < 1.29 is 4.74 Å². The molecule has 114 valence electrons. The summed E-state index contributed by atoms with van der Waals surface area (Å²) in [5, 5.41) is 5.36. The van der Waals surface area contributed by atoms with Crippen LogP contribution in [0.3, 0.4) is 0 Å². The maximum Gasteiger partial charge on any atom is 0.0850 e. The van der Waals surface area contributed by atoms with Gasteiger partial charge in [-0.15, -0.1) is 0 Å². The fourth-order valence-corrected chi connectivity index (χ4v) is 3.21. The molecule has 1 aromatic heterocycles. The van der Waals surface area contributed by atoms with Gasteiger partial charge in [-0.05, 0) is 32.1 Å². The first kappa shape index (κ1) is 15.8. The monoisotopic (exact) mass is 300 g/mol. The van der Waals surface area contributed by atoms with Crippen LogP contribution in [0.1, 0.15) is 38.1 Å². The topological polar surface area (TPSA) is 65.1 Å². The summed E-state index contributed by atoms with van der Waals surface area (Å²) >= 11 is 6.47. The van der Waals surface area contributed by atoms with Crippen LogP contribution >= 0.6 is 11.6 Å². The molecule has 2 rings (SSSR count). The second-order valence-corrected chi connectivity index (χ2v) is 5.71. The largest absolute Gasteiger partial charge is 0.381 e. The summed E-state index contributed by atoms with van der Waals surface area (Å²) in [4.78, 5) is 0. The van der Waals surface area contributed by atoms with E-state index in [1.54, 1.807) is 0 Å². The van der Waals surface area contributed by atoms with E-state index in [1.807, 2.05) is 4.68 Å². The van der Waals surface area contributed by atoms with E-state index in [-0.39, 0.29) is 6.04 Å². The van der Waals surface area contributed by atoms with E-state index in [0.29, 0.717) is 5.92 Å². The van der Waals surface area contributed by atoms with Crippen molar-refractivity contribution in [3.63, 3.8) is 0 Å². The zero-order chi connectivity index (χ0) is 14.5. The van der Waals surface area contributed by atoms with Crippen LogP contribution in [0, 0.1) is 5.92 Å². The van der Waals surface area contributed by atoms with Crippen molar-refractivity contribution in [2.45, 2.75) is 52.1 Å². The molecule has 3 N–H and O–H groups in total. The molecule has 0 bridgehead atoms. The number of hydrogen-bond donors (Lipinski definition) is 2. The first-order valence-corrected chi connectivity index (χ1v) is 7.86. The van der Waals surface area contributed by atoms with Gasteiger partial charge < -0.3 is 4.74 Å². The molecule has 6 heteroatoms. The Labute approximate surface area is 125 Å². The fourth-order valence-electron chi connectivity index (χ4n) is 2.87. The highest BCUT2D eigenvalue weighted by molar-refractivity contribution is 6.31. The minimum absolute atomic E-state index is 0.180. The van der Waals surface area contributed by atoms with Crippen LogP contribution in [0.4, 0.5) is 0 Å². The Kier molecular flexibility index (Phi) is 5.84. The molecule has 0 saturated carbocycles. The molecule has 2 unspecified atom stereocenters. The predicted octanol–water partition coefficient (Wildman–Crippen LogP) is 1.92. The molecule has 5 nitrogen and oxygen atoms in total. The molecule has 0 spiro atoms. The van der Waals surface area contributed by atoms with Crippen LogP contribution in [0.25, 0.3) is 0 Å². The van der Waals surface area contributed by atoms with Gasteiger partial charge in [0.15, 0.2) is 0 Å². The standard InChI is InChI=1S/C14H25ClN4O/c1-3-11-14(15)13(19(4-2)18-11)8-12(17-16)10-6-5-7-20-9-10/h10,12,17H,3-9,16H2,1-2H3. The fraction of sp³-hybridized carbons (Fsp3) is 0.786. The molecule has 1 aliphatic rings. The summed E-state index contributed by atoms with van der Waals surface area (Å²) in [5.74, 6) is 6.19. The van der Waals surface area contributed by atoms with Gasteiger partial charge in [0.05, 0.1) is 23.0 Å². The average molecular weight is 301 g/mol. The van der Waals surface area contributed by atoms with Crippen LogP contribution in [0.15, 0.2) is 0 Å². The molecule has 1 aromatic rings. The number of halogens is 1. The molecule has 2 atom stereocenters. The minimum Gasteiger partial charge on any atom is -0.381 e. The molecule has 1 fully saturated rings. The Bertz CT molecular complexity index is 429. The molecular formula is C14H25ClN4O. The summed E-state index contributed by atoms with van der Waals surface area (Å²) in [6.45, 7) is 6.62. The first-order chi connectivity index (χ1) is 9.71. The van der Waals surface area contributed by atoms with Gasteiger partial charge in [0, 0.05) is 25.6 Å². The third-order valence-corrected chi connectivity index (χ3v) is 4.52. The van der Waals surface area contributed by atoms with Crippen molar-refractivity contribution in [3.05, 3.63) is 16.4 Å². The number of hydrogen-bond acceptors (Lipinski definition) is 4. The van der Waals surface area contributed by atoms with E-state index in [9.17, 15) is 0 Å². The number of ether oxygens (including phenoxy) is 1. The Morgan fingerprint density at radius 1 is 1.55 bits per heavy atom. The summed E-state index contributed by atoms with van der Waals surface area (Å²) < 4.78 is 7.56. The Morgan fingerprint density at radius 3 is 2.90 bits per heavy atom. The van der Waals surface area contributed by atoms with Crippen LogP contribution in [-0.2, 0) is 24.1 Å². The van der Waals surface area contributed by atoms with Crippen LogP contribution in [-0.4, -0.2) is 29.0 Å². The van der Waals surface area contributed by atoms with Crippen LogP contribution in [0.2, 0.25) is 5.02 Å². The van der Waals surface area contributed by atoms with Crippen molar-refractivity contribution in [2.75, 3.05) is 13.2 Å². The molecule has 2 heterocycles. The van der Waals surface area contributed by atoms with Crippen molar-refractivity contribution >= 4 is 11.6 Å². The van der Waals surface area contributed by atoms with Gasteiger partial charge in [-0.1, -0.05) is 18.5 Å². The van der Waals surface area contributed by atoms with Gasteiger partial charge in [-0.3, -0.25) is 16.0 Å². The molecule has 1 saturated heterocycles. The molecule has 0 amide bonds. The third-order valence-electron chi connectivity index (χ3n) is 4.09. The number of nitrogens with one attached hydrogen (secondary N) is 1. The van der Waals surface area contributed by atoms with E-state index in [2.05, 4.69) is 24.4 Å². The number of nitrogens with two attached hydrogens (primary N) is 1. The predicted molar refractivity (Wildman–Crippen MR) is 80.6 cm³/mol. The van der Waals surface area contributed by atoms with Gasteiger partial charge >= 0.3 is 0 Å². The van der Waals surface area contributed by atoms with Crippen molar-refractivity contribution in [1.82, 2.24) is 15.2 Å². The van der Waals surface area contributed by atoms with Gasteiger partial charge in [-0.2, -0.15) is 5.10 Å². The Hall–Kier alpha value is -0.620. The SMILES string of the molecule is CCc1nn(CC)c(CC(NN)C2CCCOC2)c1Cl. The quantitative estimate of drug-likeness (QED) is 0.622. The summed E-state index contributed by atoms with van der Waals surface area (Å²) in [7, 11) is 0. The number of hydrazine groups is 1. The maximum atomic E-state index is 6.47. The van der Waals surface area contributed by atoms with Gasteiger partial charge in [0.1, 0.15) is 0 Å². The lowest BCUT2D eigenvalue weighted by atomic mass is 9.91. The number of aryl methyl sites for hydroxylation is 2. The van der Waals surface area contributed by atoms with Crippen molar-refractivity contribution in [3.8, 4) is 0 Å². The first-order valence-electron chi connectivity index (χ1n) is 7.49. The maximum absolute atomic E-state index is 6.47. The summed E-state index contributed by atoms with van der Waals surface area (Å²) in [6, 6.07) is 0.180. The van der Waals surface area contributed by atoms with E-state index in [1.165, 1.54) is 0 Å². The average Bonchev–Trinajstić information content (AvgIpc) is 2.81. The molecule has 0 aromatic carbocycles. The van der Waals surface area contributed by atoms with Gasteiger partial charge in [-0.25, -0.2) is 0 Å². The van der Waals surface area contributed by atoms with Gasteiger partial charge in [0.2, 0.25) is 0 Å². The number of nitrogens with zero attached hydrogens (tertiary/aromatic N) is 2. The van der Waals surface area contributed by atoms with Crippen molar-refractivity contribution in [1.29, 1.82) is 0 Å². The highest BCUT2D eigenvalue weighted by Crippen LogP contribution is 2.26. The minimum atomic E-state index is 0.180. The summed E-state index contributed by atoms with van der Waals surface area (Å²) in [5.41, 5.74) is 5.00. The highest BCUT2D eigenvalue weighted by atomic mass is 35.5. The Morgan fingerprint density at radius 2 is 2.35 bits per heavy atom. The smallest absolute Gasteiger partial charge is 0.0850 e. The summed E-state index contributed by atoms with van der Waals surface area (Å²) in [6.07, 6.45) is 3.90. The lowest BCUT2D eigenvalue weighted by Gasteiger charge is -2.29. The van der Waals surface area contributed by atoms with E-state index >= 15 is 0 Å². The van der Waals surface area contributed by atoms with E-state index in [4.69, 9.17) is 22.2 Å². The lowest BCUT2D eigenvalue weighted by Crippen LogP contribution is -2.45. The highest BCUT2D eigenvalue weighted by Gasteiger charge is 2.26. The Balaban J connectivity index is 2.15. The molecule has 0 radical (unpaired) electrons. The lowest BCUT2D eigenvalue weighted by molar-refractivity contribution is 0.0390. The molecule has 1 aliphatic heterocycles. The number of rotatable bonds is 6. The van der Waals surface area contributed by atoms with Crippen LogP contribution < -0.4 is 11.3 Å². The third kappa shape index (κ3) is 3.34. The van der Waals surface area contributed by atoms with E-state index in [0.717, 1.165) is 61.9 Å². The normalized spacial score (nSPS) is 21.1. The second kappa shape index (κ2) is 7.41. The number of aromatic nitrogens is 2. The molecular weight excluding hydrogens is 276 g/mol. The molecule has 20 heavy (non-hydrogen) atoms. The molecule has 0 aliphatic carbocycles. The zero-order valence-corrected chi connectivity index (χ0v) is 13.1.